The summed E-state index contributed by atoms with van der Waals surface area (Å²) >= 11 is 0. The average molecular weight is 952 g/mol. The topological polar surface area (TPSA) is 46.2 Å². The van der Waals surface area contributed by atoms with Gasteiger partial charge in [-0.1, -0.05) is 235 Å². The third-order valence-electron chi connectivity index (χ3n) is 13.7. The van der Waals surface area contributed by atoms with E-state index in [0.717, 1.165) is 29.9 Å². The minimum absolute atomic E-state index is 0.111. The highest BCUT2D eigenvalue weighted by atomic mass is 28.4. The fourth-order valence-electron chi connectivity index (χ4n) is 9.67. The van der Waals surface area contributed by atoms with Gasteiger partial charge in [0.2, 0.25) is 0 Å². The third kappa shape index (κ3) is 22.7. The molecule has 0 spiro atoms. The van der Waals surface area contributed by atoms with Crippen molar-refractivity contribution in [3.8, 4) is 11.5 Å². The maximum Gasteiger partial charge on any atom is 0.261 e. The van der Waals surface area contributed by atoms with E-state index < -0.39 is 14.6 Å². The van der Waals surface area contributed by atoms with E-state index in [2.05, 4.69) is 138 Å². The van der Waals surface area contributed by atoms with Crippen LogP contribution < -0.4 is 19.8 Å². The van der Waals surface area contributed by atoms with Gasteiger partial charge in [0.25, 0.3) is 8.32 Å². The molecule has 1 aliphatic rings. The molecular formula is C62H98O5Si. The second-order valence-electron chi connectivity index (χ2n) is 20.7. The van der Waals surface area contributed by atoms with Gasteiger partial charge in [-0.15, -0.1) is 0 Å². The second-order valence-corrected chi connectivity index (χ2v) is 25.0. The SMILES string of the molecule is CCCCCCCCC=CCCCCCCCCOc1cc(OCCCCCCCCC=CCCCCCCCC)cc(C2OCC(CO[Si](c3ccccc3)(c3ccccc3)C(C)(C)C)O2)c1. The van der Waals surface area contributed by atoms with Gasteiger partial charge in [0.15, 0.2) is 6.29 Å². The minimum Gasteiger partial charge on any atom is -0.493 e. The van der Waals surface area contributed by atoms with Crippen LogP contribution >= 0.6 is 0 Å². The first kappa shape index (κ1) is 57.4. The Morgan fingerprint density at radius 1 is 0.500 bits per heavy atom. The Balaban J connectivity index is 1.24. The van der Waals surface area contributed by atoms with Crippen molar-refractivity contribution < 1.29 is 23.4 Å². The summed E-state index contributed by atoms with van der Waals surface area (Å²) in [7, 11) is -2.70. The van der Waals surface area contributed by atoms with E-state index >= 15 is 0 Å². The first-order chi connectivity index (χ1) is 33.4. The van der Waals surface area contributed by atoms with Crippen LogP contribution in [0.1, 0.15) is 226 Å². The van der Waals surface area contributed by atoms with Crippen molar-refractivity contribution in [2.24, 2.45) is 0 Å². The van der Waals surface area contributed by atoms with E-state index in [9.17, 15) is 0 Å². The second kappa shape index (κ2) is 35.9. The molecule has 0 aromatic heterocycles. The Bertz CT molecular complexity index is 1620. The predicted molar refractivity (Wildman–Crippen MR) is 293 cm³/mol. The van der Waals surface area contributed by atoms with Crippen molar-refractivity contribution in [1.82, 2.24) is 0 Å². The molecule has 1 saturated heterocycles. The Labute approximate surface area is 418 Å². The van der Waals surface area contributed by atoms with Crippen molar-refractivity contribution in [3.63, 3.8) is 0 Å². The third-order valence-corrected chi connectivity index (χ3v) is 18.7. The number of allylic oxidation sites excluding steroid dienone is 4. The predicted octanol–water partition coefficient (Wildman–Crippen LogP) is 17.5. The molecule has 0 N–H and O–H groups in total. The first-order valence-electron chi connectivity index (χ1n) is 28.1. The Morgan fingerprint density at radius 2 is 0.882 bits per heavy atom. The number of ether oxygens (including phenoxy) is 4. The zero-order valence-corrected chi connectivity index (χ0v) is 45.1. The highest BCUT2D eigenvalue weighted by Gasteiger charge is 2.50. The van der Waals surface area contributed by atoms with Crippen LogP contribution in [0.15, 0.2) is 103 Å². The van der Waals surface area contributed by atoms with Crippen molar-refractivity contribution >= 4 is 18.7 Å². The van der Waals surface area contributed by atoms with Crippen LogP contribution in [0.25, 0.3) is 0 Å². The molecule has 1 heterocycles. The smallest absolute Gasteiger partial charge is 0.261 e. The zero-order chi connectivity index (χ0) is 48.2. The summed E-state index contributed by atoms with van der Waals surface area (Å²) in [5, 5.41) is 2.43. The van der Waals surface area contributed by atoms with Crippen molar-refractivity contribution in [2.75, 3.05) is 26.4 Å². The number of rotatable bonds is 40. The number of unbranched alkanes of at least 4 members (excludes halogenated alkanes) is 24. The normalized spacial score (nSPS) is 15.5. The number of hydrogen-bond donors (Lipinski definition) is 0. The largest absolute Gasteiger partial charge is 0.493 e. The summed E-state index contributed by atoms with van der Waals surface area (Å²) in [5.74, 6) is 1.65. The summed E-state index contributed by atoms with van der Waals surface area (Å²) in [4.78, 5) is 0. The fourth-order valence-corrected chi connectivity index (χ4v) is 14.3. The molecule has 68 heavy (non-hydrogen) atoms. The summed E-state index contributed by atoms with van der Waals surface area (Å²) in [6.07, 6.45) is 45.2. The van der Waals surface area contributed by atoms with Crippen molar-refractivity contribution in [1.29, 1.82) is 0 Å². The lowest BCUT2D eigenvalue weighted by Gasteiger charge is -2.43. The van der Waals surface area contributed by atoms with Crippen LogP contribution in [0.4, 0.5) is 0 Å². The first-order valence-corrected chi connectivity index (χ1v) is 30.0. The van der Waals surface area contributed by atoms with E-state index in [1.54, 1.807) is 0 Å². The van der Waals surface area contributed by atoms with Crippen molar-refractivity contribution in [3.05, 3.63) is 109 Å². The van der Waals surface area contributed by atoms with Gasteiger partial charge >= 0.3 is 0 Å². The van der Waals surface area contributed by atoms with Crippen LogP contribution in [-0.4, -0.2) is 40.8 Å². The van der Waals surface area contributed by atoms with Gasteiger partial charge in [0.1, 0.15) is 17.6 Å². The summed E-state index contributed by atoms with van der Waals surface area (Å²) in [5.41, 5.74) is 0.937. The highest BCUT2D eigenvalue weighted by molar-refractivity contribution is 6.99. The lowest BCUT2D eigenvalue weighted by atomic mass is 10.1. The minimum atomic E-state index is -2.70. The fraction of sp³-hybridized carbons (Fsp3) is 0.645. The molecule has 3 aromatic carbocycles. The van der Waals surface area contributed by atoms with E-state index in [1.165, 1.54) is 177 Å². The molecule has 0 radical (unpaired) electrons. The molecule has 5 nitrogen and oxygen atoms in total. The van der Waals surface area contributed by atoms with Gasteiger partial charge < -0.3 is 23.4 Å². The molecule has 0 amide bonds. The molecule has 1 fully saturated rings. The van der Waals surface area contributed by atoms with Gasteiger partial charge in [-0.05, 0) is 91.8 Å². The van der Waals surface area contributed by atoms with Crippen LogP contribution in [0.5, 0.6) is 11.5 Å². The molecule has 4 rings (SSSR count). The van der Waals surface area contributed by atoms with Gasteiger partial charge in [0, 0.05) is 11.6 Å². The molecule has 3 aromatic rings. The quantitative estimate of drug-likeness (QED) is 0.0323. The maximum atomic E-state index is 7.25. The molecule has 1 aliphatic heterocycles. The van der Waals surface area contributed by atoms with Gasteiger partial charge in [-0.3, -0.25) is 0 Å². The van der Waals surface area contributed by atoms with Gasteiger partial charge in [-0.25, -0.2) is 0 Å². The molecule has 2 atom stereocenters. The molecule has 0 saturated carbocycles. The lowest BCUT2D eigenvalue weighted by Crippen LogP contribution is -2.67. The van der Waals surface area contributed by atoms with E-state index in [1.807, 2.05) is 0 Å². The van der Waals surface area contributed by atoms with Gasteiger partial charge in [-0.2, -0.15) is 0 Å². The molecular weight excluding hydrogens is 853 g/mol. The molecule has 2 unspecified atom stereocenters. The van der Waals surface area contributed by atoms with E-state index in [-0.39, 0.29) is 11.1 Å². The van der Waals surface area contributed by atoms with Crippen molar-refractivity contribution in [2.45, 2.75) is 232 Å². The maximum absolute atomic E-state index is 7.25. The Kier molecular flexibility index (Phi) is 30.3. The van der Waals surface area contributed by atoms with Gasteiger partial charge in [0.05, 0.1) is 26.4 Å². The summed E-state index contributed by atoms with van der Waals surface area (Å²) < 4.78 is 33.2. The molecule has 0 aliphatic carbocycles. The lowest BCUT2D eigenvalue weighted by molar-refractivity contribution is -0.0666. The zero-order valence-electron chi connectivity index (χ0n) is 44.1. The van der Waals surface area contributed by atoms with E-state index in [0.29, 0.717) is 26.4 Å². The molecule has 6 heteroatoms. The number of hydrogen-bond acceptors (Lipinski definition) is 5. The number of benzene rings is 3. The standard InChI is InChI=1S/C62H98O5Si/c1-6-8-10-12-14-16-18-20-22-24-26-28-30-32-34-42-48-63-56-50-55(51-57(52-56)64-49-43-35-33-31-29-27-25-23-21-19-17-15-13-11-9-7-2)61-65-53-58(67-61)54-66-68(62(3,4)5,59-44-38-36-39-45-59)60-46-40-37-41-47-60/h20-23,36-41,44-47,50-52,58,61H,6-19,24-35,42-43,48-49,53-54H2,1-5H3. The van der Waals surface area contributed by atoms with Crippen LogP contribution in [-0.2, 0) is 13.9 Å². The van der Waals surface area contributed by atoms with Crippen LogP contribution in [0, 0.1) is 0 Å². The Hall–Kier alpha value is -3.16. The Morgan fingerprint density at radius 3 is 1.28 bits per heavy atom. The average Bonchev–Trinajstić information content (AvgIpc) is 3.83. The monoisotopic (exact) mass is 951 g/mol. The summed E-state index contributed by atoms with van der Waals surface area (Å²) in [6, 6.07) is 27.9. The van der Waals surface area contributed by atoms with Crippen LogP contribution in [0.2, 0.25) is 5.04 Å². The summed E-state index contributed by atoms with van der Waals surface area (Å²) in [6.45, 7) is 13.8. The molecule has 0 bridgehead atoms. The van der Waals surface area contributed by atoms with Crippen LogP contribution in [0.3, 0.4) is 0 Å². The molecule has 380 valence electrons. The van der Waals surface area contributed by atoms with E-state index in [4.69, 9.17) is 23.4 Å². The highest BCUT2D eigenvalue weighted by Crippen LogP contribution is 2.38.